The molecule has 0 saturated carbocycles. The van der Waals surface area contributed by atoms with Crippen molar-refractivity contribution in [2.75, 3.05) is 23.7 Å². The molecular formula is C31H36F3N3O4S. The van der Waals surface area contributed by atoms with Crippen LogP contribution in [-0.4, -0.2) is 50.5 Å². The van der Waals surface area contributed by atoms with Crippen LogP contribution in [-0.2, 0) is 32.6 Å². The standard InChI is InChI=1S/C31H36F3N3O4S/c1-3-4-18-35-31(39)29(20-23-9-6-5-7-10-23)36(22-24-12-14-25(32)15-13-24)30(38)11-8-19-37(42(2,40)41)26-16-17-27(33)28(34)21-26/h5-7,9-10,12-17,21,29H,3-4,8,11,18-20,22H2,1-2H3,(H,35,39)/t29-/m1/s1. The third-order valence-corrected chi connectivity index (χ3v) is 7.90. The summed E-state index contributed by atoms with van der Waals surface area (Å²) in [5, 5.41) is 2.91. The van der Waals surface area contributed by atoms with E-state index < -0.39 is 39.4 Å². The number of sulfonamides is 1. The zero-order valence-corrected chi connectivity index (χ0v) is 24.5. The number of hydrogen-bond acceptors (Lipinski definition) is 4. The van der Waals surface area contributed by atoms with Crippen molar-refractivity contribution in [2.24, 2.45) is 0 Å². The van der Waals surface area contributed by atoms with E-state index in [1.807, 2.05) is 37.3 Å². The largest absolute Gasteiger partial charge is 0.354 e. The highest BCUT2D eigenvalue weighted by molar-refractivity contribution is 7.92. The molecule has 0 bridgehead atoms. The zero-order chi connectivity index (χ0) is 30.7. The van der Waals surface area contributed by atoms with Crippen molar-refractivity contribution in [3.8, 4) is 0 Å². The first-order valence-electron chi connectivity index (χ1n) is 13.8. The molecule has 0 unspecified atom stereocenters. The molecular weight excluding hydrogens is 567 g/mol. The Kier molecular flexibility index (Phi) is 12.0. The molecule has 42 heavy (non-hydrogen) atoms. The van der Waals surface area contributed by atoms with Crippen LogP contribution >= 0.6 is 0 Å². The van der Waals surface area contributed by atoms with E-state index in [1.54, 1.807) is 12.1 Å². The van der Waals surface area contributed by atoms with Crippen LogP contribution < -0.4 is 9.62 Å². The van der Waals surface area contributed by atoms with Crippen LogP contribution in [0.2, 0.25) is 0 Å². The van der Waals surface area contributed by atoms with E-state index in [9.17, 15) is 31.2 Å². The topological polar surface area (TPSA) is 86.8 Å². The number of benzene rings is 3. The molecule has 0 aromatic heterocycles. The predicted molar refractivity (Wildman–Crippen MR) is 157 cm³/mol. The minimum atomic E-state index is -3.88. The Morgan fingerprint density at radius 2 is 1.57 bits per heavy atom. The molecule has 226 valence electrons. The lowest BCUT2D eigenvalue weighted by Crippen LogP contribution is -2.50. The summed E-state index contributed by atoms with van der Waals surface area (Å²) in [6.45, 7) is 2.29. The van der Waals surface area contributed by atoms with Gasteiger partial charge in [-0.25, -0.2) is 21.6 Å². The number of rotatable bonds is 15. The second kappa shape index (κ2) is 15.4. The Balaban J connectivity index is 1.87. The molecule has 0 aliphatic heterocycles. The van der Waals surface area contributed by atoms with Crippen LogP contribution in [0.3, 0.4) is 0 Å². The molecule has 0 heterocycles. The van der Waals surface area contributed by atoms with E-state index in [4.69, 9.17) is 0 Å². The molecule has 3 rings (SSSR count). The number of nitrogens with one attached hydrogen (secondary N) is 1. The Morgan fingerprint density at radius 3 is 2.19 bits per heavy atom. The normalized spacial score (nSPS) is 12.0. The first kappa shape index (κ1) is 32.7. The van der Waals surface area contributed by atoms with Crippen LogP contribution in [0, 0.1) is 17.5 Å². The lowest BCUT2D eigenvalue weighted by Gasteiger charge is -2.32. The maximum Gasteiger partial charge on any atom is 0.243 e. The van der Waals surface area contributed by atoms with Gasteiger partial charge < -0.3 is 10.2 Å². The molecule has 2 amide bonds. The van der Waals surface area contributed by atoms with E-state index in [2.05, 4.69) is 5.32 Å². The first-order chi connectivity index (χ1) is 20.0. The van der Waals surface area contributed by atoms with Gasteiger partial charge in [0.05, 0.1) is 11.9 Å². The van der Waals surface area contributed by atoms with Crippen molar-refractivity contribution < 1.29 is 31.2 Å². The maximum atomic E-state index is 13.9. The number of carbonyl (C=O) groups is 2. The summed E-state index contributed by atoms with van der Waals surface area (Å²) < 4.78 is 66.8. The number of carbonyl (C=O) groups excluding carboxylic acids is 2. The molecule has 0 radical (unpaired) electrons. The summed E-state index contributed by atoms with van der Waals surface area (Å²) >= 11 is 0. The zero-order valence-electron chi connectivity index (χ0n) is 23.7. The molecule has 1 atom stereocenters. The van der Waals surface area contributed by atoms with E-state index in [0.717, 1.165) is 47.2 Å². The molecule has 0 spiro atoms. The first-order valence-corrected chi connectivity index (χ1v) is 15.6. The lowest BCUT2D eigenvalue weighted by atomic mass is 10.0. The number of unbranched alkanes of at least 4 members (excludes halogenated alkanes) is 1. The summed E-state index contributed by atoms with van der Waals surface area (Å²) in [7, 11) is -3.88. The van der Waals surface area contributed by atoms with Crippen LogP contribution in [0.5, 0.6) is 0 Å². The highest BCUT2D eigenvalue weighted by atomic mass is 32.2. The quantitative estimate of drug-likeness (QED) is 0.242. The summed E-state index contributed by atoms with van der Waals surface area (Å²) in [5.41, 5.74) is 1.39. The number of halogens is 3. The van der Waals surface area contributed by atoms with Crippen molar-refractivity contribution in [1.82, 2.24) is 10.2 Å². The third-order valence-electron chi connectivity index (χ3n) is 6.71. The van der Waals surface area contributed by atoms with Gasteiger partial charge in [-0.05, 0) is 48.2 Å². The van der Waals surface area contributed by atoms with E-state index in [0.29, 0.717) is 12.1 Å². The van der Waals surface area contributed by atoms with E-state index in [1.165, 1.54) is 17.0 Å². The lowest BCUT2D eigenvalue weighted by molar-refractivity contribution is -0.141. The van der Waals surface area contributed by atoms with Gasteiger partial charge in [-0.3, -0.25) is 13.9 Å². The smallest absolute Gasteiger partial charge is 0.243 e. The second-order valence-corrected chi connectivity index (χ2v) is 11.9. The van der Waals surface area contributed by atoms with Crippen molar-refractivity contribution in [3.05, 3.63) is 101 Å². The van der Waals surface area contributed by atoms with Crippen LogP contribution in [0.4, 0.5) is 18.9 Å². The number of hydrogen-bond donors (Lipinski definition) is 1. The fraction of sp³-hybridized carbons (Fsp3) is 0.355. The van der Waals surface area contributed by atoms with Crippen molar-refractivity contribution in [1.29, 1.82) is 0 Å². The monoisotopic (exact) mass is 603 g/mol. The average molecular weight is 604 g/mol. The highest BCUT2D eigenvalue weighted by Gasteiger charge is 2.30. The molecule has 0 aliphatic rings. The molecule has 11 heteroatoms. The summed E-state index contributed by atoms with van der Waals surface area (Å²) in [5.74, 6) is -3.49. The molecule has 3 aromatic rings. The predicted octanol–water partition coefficient (Wildman–Crippen LogP) is 5.21. The minimum absolute atomic E-state index is 0.0246. The molecule has 0 fully saturated rings. The van der Waals surface area contributed by atoms with Crippen molar-refractivity contribution >= 4 is 27.5 Å². The maximum absolute atomic E-state index is 13.9. The fourth-order valence-corrected chi connectivity index (χ4v) is 5.45. The Hall–Kier alpha value is -3.86. The van der Waals surface area contributed by atoms with Crippen molar-refractivity contribution in [3.63, 3.8) is 0 Å². The van der Waals surface area contributed by atoms with Crippen LogP contribution in [0.1, 0.15) is 43.7 Å². The van der Waals surface area contributed by atoms with Crippen LogP contribution in [0.15, 0.2) is 72.8 Å². The van der Waals surface area contributed by atoms with Gasteiger partial charge in [-0.2, -0.15) is 0 Å². The number of anilines is 1. The van der Waals surface area contributed by atoms with Gasteiger partial charge >= 0.3 is 0 Å². The molecule has 3 aromatic carbocycles. The Morgan fingerprint density at radius 1 is 0.881 bits per heavy atom. The Labute approximate surface area is 245 Å². The summed E-state index contributed by atoms with van der Waals surface area (Å²) in [6.07, 6.45) is 2.71. The fourth-order valence-electron chi connectivity index (χ4n) is 4.49. The van der Waals surface area contributed by atoms with Gasteiger partial charge in [0.15, 0.2) is 11.6 Å². The van der Waals surface area contributed by atoms with Crippen LogP contribution in [0.25, 0.3) is 0 Å². The van der Waals surface area contributed by atoms with Crippen molar-refractivity contribution in [2.45, 2.75) is 51.6 Å². The Bertz CT molecular complexity index is 1440. The highest BCUT2D eigenvalue weighted by Crippen LogP contribution is 2.22. The summed E-state index contributed by atoms with van der Waals surface area (Å²) in [6, 6.07) is 16.8. The second-order valence-electron chi connectivity index (χ2n) is 10.0. The van der Waals surface area contributed by atoms with Gasteiger partial charge in [0.25, 0.3) is 0 Å². The molecule has 7 nitrogen and oxygen atoms in total. The minimum Gasteiger partial charge on any atom is -0.354 e. The number of amides is 2. The number of nitrogens with zero attached hydrogens (tertiary/aromatic N) is 2. The van der Waals surface area contributed by atoms with Gasteiger partial charge in [0.1, 0.15) is 11.9 Å². The summed E-state index contributed by atoms with van der Waals surface area (Å²) in [4.78, 5) is 28.6. The van der Waals surface area contributed by atoms with E-state index in [-0.39, 0.29) is 43.9 Å². The molecule has 1 N–H and O–H groups in total. The van der Waals surface area contributed by atoms with Gasteiger partial charge in [0, 0.05) is 38.5 Å². The molecule has 0 saturated heterocycles. The van der Waals surface area contributed by atoms with Gasteiger partial charge in [-0.15, -0.1) is 0 Å². The molecule has 0 aliphatic carbocycles. The van der Waals surface area contributed by atoms with Gasteiger partial charge in [0.2, 0.25) is 21.8 Å². The van der Waals surface area contributed by atoms with Gasteiger partial charge in [-0.1, -0.05) is 55.8 Å². The third kappa shape index (κ3) is 9.61. The average Bonchev–Trinajstić information content (AvgIpc) is 2.95. The SMILES string of the molecule is CCCCNC(=O)[C@@H](Cc1ccccc1)N(Cc1ccc(F)cc1)C(=O)CCCN(c1ccc(F)c(F)c1)S(C)(=O)=O. The van der Waals surface area contributed by atoms with E-state index >= 15 is 0 Å².